The van der Waals surface area contributed by atoms with Crippen LogP contribution < -0.4 is 5.32 Å². The molecule has 1 fully saturated rings. The summed E-state index contributed by atoms with van der Waals surface area (Å²) in [7, 11) is 0. The van der Waals surface area contributed by atoms with Crippen molar-refractivity contribution in [2.45, 2.75) is 18.4 Å². The van der Waals surface area contributed by atoms with Crippen molar-refractivity contribution in [1.82, 2.24) is 5.32 Å². The lowest BCUT2D eigenvalue weighted by molar-refractivity contribution is -0.526. The Morgan fingerprint density at radius 1 is 1.50 bits per heavy atom. The Kier molecular flexibility index (Phi) is 3.41. The molecule has 16 heavy (non-hydrogen) atoms. The first kappa shape index (κ1) is 11.4. The first-order chi connectivity index (χ1) is 7.68. The number of nitrogens with one attached hydrogen (secondary N) is 1. The summed E-state index contributed by atoms with van der Waals surface area (Å²) in [5.74, 6) is -0.0325. The van der Waals surface area contributed by atoms with Crippen molar-refractivity contribution in [2.75, 3.05) is 13.1 Å². The van der Waals surface area contributed by atoms with E-state index in [1.54, 1.807) is 6.07 Å². The van der Waals surface area contributed by atoms with Gasteiger partial charge in [0.2, 0.25) is 6.04 Å². The zero-order chi connectivity index (χ0) is 11.5. The molecule has 1 aliphatic heterocycles. The minimum Gasteiger partial charge on any atom is -0.310 e. The normalized spacial score (nSPS) is 25.3. The highest BCUT2D eigenvalue weighted by Gasteiger charge is 2.34. The predicted molar refractivity (Wildman–Crippen MR) is 62.5 cm³/mol. The van der Waals surface area contributed by atoms with Crippen LogP contribution in [0, 0.1) is 10.1 Å². The lowest BCUT2D eigenvalue weighted by Gasteiger charge is -2.26. The van der Waals surface area contributed by atoms with E-state index in [0.29, 0.717) is 11.6 Å². The van der Waals surface area contributed by atoms with Gasteiger partial charge in [-0.2, -0.15) is 0 Å². The second-order valence-corrected chi connectivity index (χ2v) is 4.44. The number of nitro groups is 1. The van der Waals surface area contributed by atoms with Crippen molar-refractivity contribution in [3.63, 3.8) is 0 Å². The van der Waals surface area contributed by atoms with E-state index < -0.39 is 6.04 Å². The van der Waals surface area contributed by atoms with Gasteiger partial charge in [0.1, 0.15) is 0 Å². The zero-order valence-corrected chi connectivity index (χ0v) is 9.48. The fraction of sp³-hybridized carbons (Fsp3) is 0.455. The predicted octanol–water partition coefficient (Wildman–Crippen LogP) is 2.06. The summed E-state index contributed by atoms with van der Waals surface area (Å²) in [6.45, 7) is 1.26. The molecule has 0 bridgehead atoms. The standard InChI is InChI=1S/C11H13ClN2O2/c12-9-3-1-2-8(6-9)10-4-5-13-7-11(10)14(15)16/h1-3,6,10-11,13H,4-5,7H2/t10-,11+/m0/s1. The van der Waals surface area contributed by atoms with Crippen LogP contribution in [0.2, 0.25) is 5.02 Å². The number of rotatable bonds is 2. The van der Waals surface area contributed by atoms with Crippen molar-refractivity contribution >= 4 is 11.6 Å². The number of halogens is 1. The molecule has 4 nitrogen and oxygen atoms in total. The van der Waals surface area contributed by atoms with Gasteiger partial charge in [-0.1, -0.05) is 23.7 Å². The highest BCUT2D eigenvalue weighted by atomic mass is 35.5. The minimum atomic E-state index is -0.549. The maximum Gasteiger partial charge on any atom is 0.232 e. The van der Waals surface area contributed by atoms with Crippen molar-refractivity contribution < 1.29 is 4.92 Å². The van der Waals surface area contributed by atoms with Gasteiger partial charge in [0.05, 0.1) is 12.5 Å². The number of piperidine rings is 1. The van der Waals surface area contributed by atoms with Gasteiger partial charge >= 0.3 is 0 Å². The largest absolute Gasteiger partial charge is 0.310 e. The van der Waals surface area contributed by atoms with Crippen LogP contribution in [0.3, 0.4) is 0 Å². The molecule has 1 saturated heterocycles. The van der Waals surface area contributed by atoms with E-state index in [9.17, 15) is 10.1 Å². The number of benzene rings is 1. The zero-order valence-electron chi connectivity index (χ0n) is 8.73. The van der Waals surface area contributed by atoms with E-state index in [0.717, 1.165) is 18.5 Å². The minimum absolute atomic E-state index is 0.0325. The van der Waals surface area contributed by atoms with Crippen molar-refractivity contribution in [3.8, 4) is 0 Å². The highest BCUT2D eigenvalue weighted by Crippen LogP contribution is 2.28. The topological polar surface area (TPSA) is 55.2 Å². The molecule has 0 unspecified atom stereocenters. The highest BCUT2D eigenvalue weighted by molar-refractivity contribution is 6.30. The maximum absolute atomic E-state index is 11.0. The van der Waals surface area contributed by atoms with Crippen LogP contribution in [-0.4, -0.2) is 24.1 Å². The molecule has 1 aromatic rings. The summed E-state index contributed by atoms with van der Waals surface area (Å²) in [6.07, 6.45) is 0.784. The molecule has 1 aliphatic rings. The number of hydrogen-bond donors (Lipinski definition) is 1. The fourth-order valence-corrected chi connectivity index (χ4v) is 2.39. The van der Waals surface area contributed by atoms with E-state index in [4.69, 9.17) is 11.6 Å². The second-order valence-electron chi connectivity index (χ2n) is 4.01. The molecule has 0 spiro atoms. The SMILES string of the molecule is O=[N+]([O-])[C@@H]1CNCC[C@H]1c1cccc(Cl)c1. The van der Waals surface area contributed by atoms with Gasteiger partial charge in [-0.15, -0.1) is 0 Å². The summed E-state index contributed by atoms with van der Waals surface area (Å²) in [6, 6.07) is 6.82. The molecule has 1 aromatic carbocycles. The van der Waals surface area contributed by atoms with E-state index in [1.807, 2.05) is 18.2 Å². The summed E-state index contributed by atoms with van der Waals surface area (Å²) in [4.78, 5) is 10.8. The van der Waals surface area contributed by atoms with Crippen molar-refractivity contribution in [1.29, 1.82) is 0 Å². The van der Waals surface area contributed by atoms with Gasteiger partial charge in [-0.3, -0.25) is 10.1 Å². The van der Waals surface area contributed by atoms with Gasteiger partial charge in [0, 0.05) is 9.95 Å². The molecule has 0 aliphatic carbocycles. The first-order valence-electron chi connectivity index (χ1n) is 5.28. The van der Waals surface area contributed by atoms with Gasteiger partial charge in [0.25, 0.3) is 0 Å². The molecule has 2 atom stereocenters. The number of hydrogen-bond acceptors (Lipinski definition) is 3. The smallest absolute Gasteiger partial charge is 0.232 e. The third kappa shape index (κ3) is 2.33. The summed E-state index contributed by atoms with van der Waals surface area (Å²) >= 11 is 5.91. The van der Waals surface area contributed by atoms with Gasteiger partial charge < -0.3 is 5.32 Å². The molecule has 0 aromatic heterocycles. The van der Waals surface area contributed by atoms with Crippen molar-refractivity contribution in [3.05, 3.63) is 45.0 Å². The Morgan fingerprint density at radius 2 is 2.31 bits per heavy atom. The Morgan fingerprint density at radius 3 is 3.00 bits per heavy atom. The average Bonchev–Trinajstić information content (AvgIpc) is 2.29. The third-order valence-electron chi connectivity index (χ3n) is 3.00. The maximum atomic E-state index is 11.0. The van der Waals surface area contributed by atoms with Crippen LogP contribution in [-0.2, 0) is 0 Å². The molecule has 0 radical (unpaired) electrons. The van der Waals surface area contributed by atoms with E-state index in [2.05, 4.69) is 5.32 Å². The molecule has 1 heterocycles. The fourth-order valence-electron chi connectivity index (χ4n) is 2.19. The summed E-state index contributed by atoms with van der Waals surface area (Å²) in [5.41, 5.74) is 0.968. The molecule has 5 heteroatoms. The lowest BCUT2D eigenvalue weighted by atomic mass is 9.86. The summed E-state index contributed by atoms with van der Waals surface area (Å²) in [5, 5.41) is 14.6. The second kappa shape index (κ2) is 4.80. The van der Waals surface area contributed by atoms with Crippen molar-refractivity contribution in [2.24, 2.45) is 0 Å². The molecule has 1 N–H and O–H groups in total. The third-order valence-corrected chi connectivity index (χ3v) is 3.23. The van der Waals surface area contributed by atoms with E-state index >= 15 is 0 Å². The van der Waals surface area contributed by atoms with Crippen LogP contribution in [0.1, 0.15) is 17.9 Å². The van der Waals surface area contributed by atoms with Gasteiger partial charge in [0.15, 0.2) is 0 Å². The van der Waals surface area contributed by atoms with Crippen LogP contribution >= 0.6 is 11.6 Å². The number of nitrogens with zero attached hydrogens (tertiary/aromatic N) is 1. The van der Waals surface area contributed by atoms with E-state index in [1.165, 1.54) is 0 Å². The molecule has 86 valence electrons. The van der Waals surface area contributed by atoms with Crippen LogP contribution in [0.15, 0.2) is 24.3 Å². The molecular formula is C11H13ClN2O2. The van der Waals surface area contributed by atoms with Gasteiger partial charge in [-0.25, -0.2) is 0 Å². The molecule has 0 amide bonds. The lowest BCUT2D eigenvalue weighted by Crippen LogP contribution is -2.43. The van der Waals surface area contributed by atoms with Crippen LogP contribution in [0.5, 0.6) is 0 Å². The molecule has 0 saturated carbocycles. The Hall–Kier alpha value is -1.13. The van der Waals surface area contributed by atoms with Crippen LogP contribution in [0.25, 0.3) is 0 Å². The van der Waals surface area contributed by atoms with Gasteiger partial charge in [-0.05, 0) is 30.7 Å². The summed E-state index contributed by atoms with van der Waals surface area (Å²) < 4.78 is 0. The Labute approximate surface area is 98.8 Å². The quantitative estimate of drug-likeness (QED) is 0.636. The molecule has 2 rings (SSSR count). The first-order valence-corrected chi connectivity index (χ1v) is 5.66. The molecular weight excluding hydrogens is 228 g/mol. The Balaban J connectivity index is 2.26. The average molecular weight is 241 g/mol. The Bertz CT molecular complexity index is 397. The monoisotopic (exact) mass is 240 g/mol. The van der Waals surface area contributed by atoms with E-state index in [-0.39, 0.29) is 10.8 Å². The van der Waals surface area contributed by atoms with Crippen LogP contribution in [0.4, 0.5) is 0 Å².